The second-order valence-electron chi connectivity index (χ2n) is 2.53. The standard InChI is InChI=1S/C6H8BNO4/c9-7(10)5-2-1-3-6(4-5)8(11)12/h1-2,4,6,9-10H,3H2. The summed E-state index contributed by atoms with van der Waals surface area (Å²) in [6.07, 6.45) is 4.60. The Kier molecular flexibility index (Phi) is 2.62. The Hall–Kier alpha value is -1.14. The monoisotopic (exact) mass is 169 g/mol. The Morgan fingerprint density at radius 2 is 2.33 bits per heavy atom. The molecule has 0 saturated heterocycles. The van der Waals surface area contributed by atoms with Gasteiger partial charge in [0.1, 0.15) is 0 Å². The molecule has 6 heteroatoms. The van der Waals surface area contributed by atoms with Gasteiger partial charge in [0.05, 0.1) is 0 Å². The largest absolute Gasteiger partial charge is 0.488 e. The first kappa shape index (κ1) is 8.96. The molecule has 0 aliphatic heterocycles. The molecular formula is C6H8BNO4. The second-order valence-corrected chi connectivity index (χ2v) is 2.53. The van der Waals surface area contributed by atoms with E-state index in [0.29, 0.717) is 6.42 Å². The summed E-state index contributed by atoms with van der Waals surface area (Å²) in [5.41, 5.74) is 0.183. The highest BCUT2D eigenvalue weighted by atomic mass is 16.6. The molecule has 0 fully saturated rings. The molecule has 0 bridgehead atoms. The fourth-order valence-corrected chi connectivity index (χ4v) is 1.01. The highest BCUT2D eigenvalue weighted by Crippen LogP contribution is 2.13. The Morgan fingerprint density at radius 3 is 2.83 bits per heavy atom. The van der Waals surface area contributed by atoms with Crippen LogP contribution in [0.2, 0.25) is 0 Å². The van der Waals surface area contributed by atoms with Gasteiger partial charge in [0, 0.05) is 11.3 Å². The van der Waals surface area contributed by atoms with E-state index in [1.165, 1.54) is 12.2 Å². The van der Waals surface area contributed by atoms with Crippen LogP contribution >= 0.6 is 0 Å². The molecule has 0 spiro atoms. The lowest BCUT2D eigenvalue weighted by Gasteiger charge is -2.09. The molecule has 12 heavy (non-hydrogen) atoms. The van der Waals surface area contributed by atoms with Gasteiger partial charge in [0.25, 0.3) is 0 Å². The second kappa shape index (κ2) is 3.51. The van der Waals surface area contributed by atoms with Crippen LogP contribution in [0.3, 0.4) is 0 Å². The summed E-state index contributed by atoms with van der Waals surface area (Å²) < 4.78 is 0. The quantitative estimate of drug-likeness (QED) is 0.332. The van der Waals surface area contributed by atoms with Crippen molar-refractivity contribution < 1.29 is 15.0 Å². The molecule has 5 nitrogen and oxygen atoms in total. The minimum atomic E-state index is -1.62. The van der Waals surface area contributed by atoms with Crippen molar-refractivity contribution in [2.45, 2.75) is 12.5 Å². The van der Waals surface area contributed by atoms with Gasteiger partial charge in [0.15, 0.2) is 0 Å². The number of allylic oxidation sites excluding steroid dienone is 2. The molecule has 0 amide bonds. The summed E-state index contributed by atoms with van der Waals surface area (Å²) in [5.74, 6) is 0. The van der Waals surface area contributed by atoms with Gasteiger partial charge >= 0.3 is 7.12 Å². The summed E-state index contributed by atoms with van der Waals surface area (Å²) in [4.78, 5) is 9.83. The minimum Gasteiger partial charge on any atom is -0.423 e. The summed E-state index contributed by atoms with van der Waals surface area (Å²) in [5, 5.41) is 27.7. The van der Waals surface area contributed by atoms with E-state index >= 15 is 0 Å². The lowest BCUT2D eigenvalue weighted by Crippen LogP contribution is -2.23. The van der Waals surface area contributed by atoms with Gasteiger partial charge in [0.2, 0.25) is 6.04 Å². The first-order valence-electron chi connectivity index (χ1n) is 3.49. The minimum absolute atomic E-state index is 0.183. The zero-order valence-corrected chi connectivity index (χ0v) is 6.25. The van der Waals surface area contributed by atoms with Crippen molar-refractivity contribution in [1.29, 1.82) is 0 Å². The maximum Gasteiger partial charge on any atom is 0.488 e. The van der Waals surface area contributed by atoms with Crippen LogP contribution in [0.25, 0.3) is 0 Å². The van der Waals surface area contributed by atoms with Gasteiger partial charge in [-0.1, -0.05) is 12.2 Å². The van der Waals surface area contributed by atoms with Crippen molar-refractivity contribution in [2.75, 3.05) is 0 Å². The Morgan fingerprint density at radius 1 is 1.67 bits per heavy atom. The maximum absolute atomic E-state index is 10.3. The number of hydrogen-bond acceptors (Lipinski definition) is 4. The molecular weight excluding hydrogens is 161 g/mol. The summed E-state index contributed by atoms with van der Waals surface area (Å²) in [6, 6.07) is -0.827. The van der Waals surface area contributed by atoms with Crippen LogP contribution in [-0.2, 0) is 0 Å². The zero-order chi connectivity index (χ0) is 9.14. The predicted molar refractivity (Wildman–Crippen MR) is 42.8 cm³/mol. The maximum atomic E-state index is 10.3. The van der Waals surface area contributed by atoms with Gasteiger partial charge in [-0.2, -0.15) is 0 Å². The molecule has 0 aromatic carbocycles. The van der Waals surface area contributed by atoms with Gasteiger partial charge in [-0.15, -0.1) is 0 Å². The molecule has 2 N–H and O–H groups in total. The molecule has 64 valence electrons. The van der Waals surface area contributed by atoms with Crippen molar-refractivity contribution in [1.82, 2.24) is 0 Å². The molecule has 0 aromatic rings. The van der Waals surface area contributed by atoms with Gasteiger partial charge in [-0.25, -0.2) is 0 Å². The first-order valence-corrected chi connectivity index (χ1v) is 3.49. The molecule has 1 aliphatic carbocycles. The van der Waals surface area contributed by atoms with E-state index in [9.17, 15) is 10.1 Å². The van der Waals surface area contributed by atoms with Crippen LogP contribution in [0, 0.1) is 10.1 Å². The highest BCUT2D eigenvalue weighted by Gasteiger charge is 2.23. The third kappa shape index (κ3) is 1.93. The van der Waals surface area contributed by atoms with Crippen LogP contribution in [0.4, 0.5) is 0 Å². The number of rotatable bonds is 2. The van der Waals surface area contributed by atoms with E-state index < -0.39 is 18.1 Å². The summed E-state index contributed by atoms with van der Waals surface area (Å²) in [7, 11) is -1.62. The smallest absolute Gasteiger partial charge is 0.423 e. The van der Waals surface area contributed by atoms with Crippen LogP contribution in [0.15, 0.2) is 23.7 Å². The number of nitro groups is 1. The third-order valence-corrected chi connectivity index (χ3v) is 1.64. The molecule has 0 radical (unpaired) electrons. The molecule has 0 saturated carbocycles. The van der Waals surface area contributed by atoms with Crippen molar-refractivity contribution in [2.24, 2.45) is 0 Å². The zero-order valence-electron chi connectivity index (χ0n) is 6.25. The van der Waals surface area contributed by atoms with Crippen LogP contribution in [0.1, 0.15) is 6.42 Å². The Bertz CT molecular complexity index is 248. The fourth-order valence-electron chi connectivity index (χ4n) is 1.01. The molecule has 0 heterocycles. The van der Waals surface area contributed by atoms with Crippen LogP contribution < -0.4 is 0 Å². The summed E-state index contributed by atoms with van der Waals surface area (Å²) >= 11 is 0. The van der Waals surface area contributed by atoms with Crippen LogP contribution in [0.5, 0.6) is 0 Å². The van der Waals surface area contributed by atoms with Crippen molar-refractivity contribution in [3.8, 4) is 0 Å². The van der Waals surface area contributed by atoms with Crippen molar-refractivity contribution >= 4 is 7.12 Å². The topological polar surface area (TPSA) is 83.6 Å². The predicted octanol–water partition coefficient (Wildman–Crippen LogP) is -0.470. The Balaban J connectivity index is 2.75. The van der Waals surface area contributed by atoms with E-state index in [-0.39, 0.29) is 5.47 Å². The van der Waals surface area contributed by atoms with E-state index in [4.69, 9.17) is 10.0 Å². The van der Waals surface area contributed by atoms with E-state index in [1.54, 1.807) is 6.08 Å². The molecule has 1 atom stereocenters. The van der Waals surface area contributed by atoms with Crippen molar-refractivity contribution in [3.63, 3.8) is 0 Å². The molecule has 0 aromatic heterocycles. The van der Waals surface area contributed by atoms with Gasteiger partial charge in [-0.3, -0.25) is 10.1 Å². The average Bonchev–Trinajstić information content (AvgIpc) is 2.04. The normalized spacial score (nSPS) is 21.8. The number of nitrogens with zero attached hydrogens (tertiary/aromatic N) is 1. The fraction of sp³-hybridized carbons (Fsp3) is 0.333. The first-order chi connectivity index (χ1) is 5.61. The summed E-state index contributed by atoms with van der Waals surface area (Å²) in [6.45, 7) is 0. The lowest BCUT2D eigenvalue weighted by atomic mass is 9.76. The van der Waals surface area contributed by atoms with Gasteiger partial charge in [-0.05, 0) is 11.5 Å². The van der Waals surface area contributed by atoms with E-state index in [1.807, 2.05) is 0 Å². The Labute approximate surface area is 69.3 Å². The van der Waals surface area contributed by atoms with E-state index in [2.05, 4.69) is 0 Å². The average molecular weight is 169 g/mol. The van der Waals surface area contributed by atoms with Gasteiger partial charge < -0.3 is 10.0 Å². The number of hydrogen-bond donors (Lipinski definition) is 2. The van der Waals surface area contributed by atoms with Crippen molar-refractivity contribution in [3.05, 3.63) is 33.8 Å². The molecule has 1 rings (SSSR count). The molecule has 1 unspecified atom stereocenters. The third-order valence-electron chi connectivity index (χ3n) is 1.64. The lowest BCUT2D eigenvalue weighted by molar-refractivity contribution is -0.508. The van der Waals surface area contributed by atoms with Crippen LogP contribution in [-0.4, -0.2) is 28.1 Å². The van der Waals surface area contributed by atoms with E-state index in [0.717, 1.165) is 0 Å². The SMILES string of the molecule is O=[N+]([O-])C1C=C(B(O)O)C=CC1. The highest BCUT2D eigenvalue weighted by molar-refractivity contribution is 6.51. The molecule has 1 aliphatic rings.